The lowest BCUT2D eigenvalue weighted by Gasteiger charge is -2.22. The topological polar surface area (TPSA) is 49.3 Å². The van der Waals surface area contributed by atoms with Crippen LogP contribution >= 0.6 is 11.8 Å². The molecule has 2 aliphatic heterocycles. The van der Waals surface area contributed by atoms with Crippen LogP contribution in [0.1, 0.15) is 28.7 Å². The van der Waals surface area contributed by atoms with Gasteiger partial charge in [0.2, 0.25) is 0 Å². The number of rotatable bonds is 1. The van der Waals surface area contributed by atoms with E-state index in [0.717, 1.165) is 34.6 Å². The van der Waals surface area contributed by atoms with Crippen molar-refractivity contribution in [2.45, 2.75) is 32.7 Å². The van der Waals surface area contributed by atoms with Gasteiger partial charge in [0.1, 0.15) is 11.3 Å². The van der Waals surface area contributed by atoms with Crippen molar-refractivity contribution in [2.24, 2.45) is 0 Å². The zero-order valence-corrected chi connectivity index (χ0v) is 12.9. The summed E-state index contributed by atoms with van der Waals surface area (Å²) in [5.74, 6) is 1.84. The molecule has 3 rings (SSSR count). The summed E-state index contributed by atoms with van der Waals surface area (Å²) >= 11 is 1.78. The Morgan fingerprint density at radius 3 is 2.45 bits per heavy atom. The molecule has 0 aliphatic carbocycles. The minimum absolute atomic E-state index is 0.139. The highest BCUT2D eigenvalue weighted by Crippen LogP contribution is 2.42. The van der Waals surface area contributed by atoms with Gasteiger partial charge < -0.3 is 10.4 Å². The molecule has 2 heterocycles. The van der Waals surface area contributed by atoms with Crippen LogP contribution in [0.4, 0.5) is 0 Å². The number of amides is 1. The maximum absolute atomic E-state index is 12.4. The number of hydrogen-bond donors (Lipinski definition) is 2. The molecule has 1 spiro atoms. The molecule has 1 saturated heterocycles. The Labute approximate surface area is 123 Å². The van der Waals surface area contributed by atoms with Crippen LogP contribution < -0.4 is 5.32 Å². The van der Waals surface area contributed by atoms with E-state index in [2.05, 4.69) is 17.4 Å². The smallest absolute Gasteiger partial charge is 0.256 e. The minimum Gasteiger partial charge on any atom is -0.509 e. The van der Waals surface area contributed by atoms with E-state index in [1.807, 2.05) is 20.8 Å². The monoisotopic (exact) mass is 289 g/mol. The summed E-state index contributed by atoms with van der Waals surface area (Å²) in [6.07, 6.45) is 0.808. The van der Waals surface area contributed by atoms with Gasteiger partial charge in [-0.2, -0.15) is 11.8 Å². The molecule has 2 N–H and O–H groups in total. The van der Waals surface area contributed by atoms with Gasteiger partial charge in [0.15, 0.2) is 0 Å². The van der Waals surface area contributed by atoms with Gasteiger partial charge in [0.05, 0.1) is 5.57 Å². The van der Waals surface area contributed by atoms with Crippen LogP contribution in [0.25, 0.3) is 5.57 Å². The molecule has 4 heteroatoms. The number of aryl methyl sites for hydroxylation is 3. The van der Waals surface area contributed by atoms with Crippen molar-refractivity contribution in [2.75, 3.05) is 11.5 Å². The van der Waals surface area contributed by atoms with Gasteiger partial charge in [-0.15, -0.1) is 0 Å². The Balaban J connectivity index is 2.19. The Hall–Kier alpha value is -1.42. The van der Waals surface area contributed by atoms with Crippen LogP contribution in [0.2, 0.25) is 0 Å². The minimum atomic E-state index is -0.527. The van der Waals surface area contributed by atoms with E-state index in [4.69, 9.17) is 0 Å². The highest BCUT2D eigenvalue weighted by Gasteiger charge is 2.48. The SMILES string of the molecule is Cc1cc(C)c(C2=C(O)C3(CCSC3)NC2=O)c(C)c1. The maximum Gasteiger partial charge on any atom is 0.256 e. The fourth-order valence-corrected chi connectivity index (χ4v) is 4.68. The summed E-state index contributed by atoms with van der Waals surface area (Å²) in [4.78, 5) is 12.4. The standard InChI is InChI=1S/C16H19NO2S/c1-9-6-10(2)12(11(3)7-9)13-14(18)16(17-15(13)19)4-5-20-8-16/h6-7,18H,4-5,8H2,1-3H3,(H,17,19). The van der Waals surface area contributed by atoms with Crippen LogP contribution in [-0.2, 0) is 4.79 Å². The molecule has 0 bridgehead atoms. The lowest BCUT2D eigenvalue weighted by atomic mass is 9.90. The second-order valence-corrected chi connectivity index (χ2v) is 6.94. The average Bonchev–Trinajstić information content (AvgIpc) is 2.89. The van der Waals surface area contributed by atoms with E-state index >= 15 is 0 Å². The summed E-state index contributed by atoms with van der Waals surface area (Å²) in [6, 6.07) is 4.12. The van der Waals surface area contributed by atoms with E-state index < -0.39 is 5.54 Å². The molecule has 3 nitrogen and oxygen atoms in total. The molecule has 1 fully saturated rings. The lowest BCUT2D eigenvalue weighted by molar-refractivity contribution is -0.116. The first-order valence-corrected chi connectivity index (χ1v) is 8.02. The van der Waals surface area contributed by atoms with E-state index in [0.29, 0.717) is 5.57 Å². The van der Waals surface area contributed by atoms with Crippen molar-refractivity contribution in [1.29, 1.82) is 0 Å². The van der Waals surface area contributed by atoms with Gasteiger partial charge in [0.25, 0.3) is 5.91 Å². The van der Waals surface area contributed by atoms with Gasteiger partial charge >= 0.3 is 0 Å². The Morgan fingerprint density at radius 1 is 1.25 bits per heavy atom. The third-order valence-electron chi connectivity index (χ3n) is 4.22. The molecular weight excluding hydrogens is 270 g/mol. The number of benzene rings is 1. The zero-order chi connectivity index (χ0) is 14.5. The van der Waals surface area contributed by atoms with Crippen molar-refractivity contribution in [3.8, 4) is 0 Å². The molecule has 2 aliphatic rings. The van der Waals surface area contributed by atoms with Crippen LogP contribution in [0.5, 0.6) is 0 Å². The fourth-order valence-electron chi connectivity index (χ4n) is 3.34. The number of aliphatic hydroxyl groups is 1. The van der Waals surface area contributed by atoms with Crippen molar-refractivity contribution < 1.29 is 9.90 Å². The first kappa shape index (κ1) is 13.6. The van der Waals surface area contributed by atoms with E-state index in [1.165, 1.54) is 5.56 Å². The normalized spacial score (nSPS) is 25.6. The third kappa shape index (κ3) is 1.85. The van der Waals surface area contributed by atoms with Crippen LogP contribution in [0.3, 0.4) is 0 Å². The molecule has 106 valence electrons. The molecule has 1 aromatic carbocycles. The summed E-state index contributed by atoms with van der Waals surface area (Å²) < 4.78 is 0. The number of hydrogen-bond acceptors (Lipinski definition) is 3. The molecule has 1 unspecified atom stereocenters. The summed E-state index contributed by atoms with van der Waals surface area (Å²) in [5.41, 5.74) is 4.10. The molecule has 1 aromatic rings. The summed E-state index contributed by atoms with van der Waals surface area (Å²) in [5, 5.41) is 13.7. The van der Waals surface area contributed by atoms with E-state index in [9.17, 15) is 9.90 Å². The van der Waals surface area contributed by atoms with Crippen molar-refractivity contribution in [1.82, 2.24) is 5.32 Å². The Morgan fingerprint density at radius 2 is 1.90 bits per heavy atom. The molecule has 0 saturated carbocycles. The van der Waals surface area contributed by atoms with Gasteiger partial charge in [-0.3, -0.25) is 4.79 Å². The number of aliphatic hydroxyl groups excluding tert-OH is 1. The molecule has 1 atom stereocenters. The number of carbonyl (C=O) groups excluding carboxylic acids is 1. The van der Waals surface area contributed by atoms with E-state index in [-0.39, 0.29) is 11.7 Å². The highest BCUT2D eigenvalue weighted by atomic mass is 32.2. The number of thioether (sulfide) groups is 1. The highest BCUT2D eigenvalue weighted by molar-refractivity contribution is 7.99. The molecule has 0 aromatic heterocycles. The van der Waals surface area contributed by atoms with Gasteiger partial charge in [0, 0.05) is 5.75 Å². The fraction of sp³-hybridized carbons (Fsp3) is 0.438. The maximum atomic E-state index is 12.4. The van der Waals surface area contributed by atoms with Crippen LogP contribution in [0, 0.1) is 20.8 Å². The molecular formula is C16H19NO2S. The predicted octanol–water partition coefficient (Wildman–Crippen LogP) is 2.89. The second-order valence-electron chi connectivity index (χ2n) is 5.84. The van der Waals surface area contributed by atoms with Crippen molar-refractivity contribution in [3.63, 3.8) is 0 Å². The number of nitrogens with one attached hydrogen (secondary N) is 1. The summed E-state index contributed by atoms with van der Waals surface area (Å²) in [7, 11) is 0. The van der Waals surface area contributed by atoms with Crippen LogP contribution in [0.15, 0.2) is 17.9 Å². The van der Waals surface area contributed by atoms with Crippen molar-refractivity contribution >= 4 is 23.2 Å². The average molecular weight is 289 g/mol. The second kappa shape index (κ2) is 4.55. The number of carbonyl (C=O) groups is 1. The summed E-state index contributed by atoms with van der Waals surface area (Å²) in [6.45, 7) is 6.04. The molecule has 20 heavy (non-hydrogen) atoms. The van der Waals surface area contributed by atoms with Gasteiger partial charge in [-0.05, 0) is 49.6 Å². The molecule has 1 amide bonds. The van der Waals surface area contributed by atoms with Crippen LogP contribution in [-0.4, -0.2) is 28.1 Å². The predicted molar refractivity (Wildman–Crippen MR) is 83.0 cm³/mol. The van der Waals surface area contributed by atoms with Crippen molar-refractivity contribution in [3.05, 3.63) is 40.1 Å². The largest absolute Gasteiger partial charge is 0.509 e. The third-order valence-corrected chi connectivity index (χ3v) is 5.41. The van der Waals surface area contributed by atoms with E-state index in [1.54, 1.807) is 11.8 Å². The quantitative estimate of drug-likeness (QED) is 0.836. The first-order valence-electron chi connectivity index (χ1n) is 6.87. The molecule has 0 radical (unpaired) electrons. The Kier molecular flexibility index (Phi) is 3.09. The Bertz CT molecular complexity index is 604. The van der Waals surface area contributed by atoms with Gasteiger partial charge in [-0.1, -0.05) is 17.7 Å². The first-order chi connectivity index (χ1) is 9.44. The lowest BCUT2D eigenvalue weighted by Crippen LogP contribution is -2.44. The zero-order valence-electron chi connectivity index (χ0n) is 12.0. The van der Waals surface area contributed by atoms with Gasteiger partial charge in [-0.25, -0.2) is 0 Å².